The maximum Gasteiger partial charge on any atom is 0.332 e. The lowest BCUT2D eigenvalue weighted by molar-refractivity contribution is -0.143. The number of aliphatic carboxylic acids is 2. The summed E-state index contributed by atoms with van der Waals surface area (Å²) in [5, 5.41) is 18.3. The van der Waals surface area contributed by atoms with Crippen LogP contribution in [0, 0.1) is 5.92 Å². The fourth-order valence-electron chi connectivity index (χ4n) is 1.24. The van der Waals surface area contributed by atoms with Gasteiger partial charge >= 0.3 is 11.9 Å². The minimum Gasteiger partial charge on any atom is -0.481 e. The average Bonchev–Trinajstić information content (AvgIpc) is 2.26. The normalized spacial score (nSPS) is 13.2. The molecule has 17 heavy (non-hydrogen) atoms. The Hall–Kier alpha value is -1.81. The van der Waals surface area contributed by atoms with Crippen LogP contribution in [0.2, 0.25) is 5.02 Å². The fraction of sp³-hybridized carbons (Fsp3) is 0.167. The van der Waals surface area contributed by atoms with Crippen molar-refractivity contribution in [3.8, 4) is 0 Å². The number of hydrogen-bond acceptors (Lipinski definition) is 2. The van der Waals surface area contributed by atoms with Crippen LogP contribution in [0.4, 0.5) is 0 Å². The number of carboxylic acids is 2. The van der Waals surface area contributed by atoms with Crippen LogP contribution in [-0.2, 0) is 9.59 Å². The molecular weight excluding hydrogens is 244 g/mol. The van der Waals surface area contributed by atoms with Gasteiger partial charge in [0.15, 0.2) is 0 Å². The molecule has 0 aliphatic carbocycles. The Morgan fingerprint density at radius 3 is 2.18 bits per heavy atom. The van der Waals surface area contributed by atoms with E-state index in [-0.39, 0.29) is 5.57 Å². The Morgan fingerprint density at radius 2 is 1.76 bits per heavy atom. The Kier molecular flexibility index (Phi) is 4.29. The van der Waals surface area contributed by atoms with Crippen LogP contribution in [0.15, 0.2) is 29.8 Å². The van der Waals surface area contributed by atoms with E-state index in [9.17, 15) is 9.59 Å². The van der Waals surface area contributed by atoms with Gasteiger partial charge in [0, 0.05) is 5.02 Å². The molecule has 0 bridgehead atoms. The van der Waals surface area contributed by atoms with Crippen molar-refractivity contribution in [1.82, 2.24) is 0 Å². The fourth-order valence-corrected chi connectivity index (χ4v) is 1.37. The first-order valence-corrected chi connectivity index (χ1v) is 5.23. The molecule has 5 heteroatoms. The van der Waals surface area contributed by atoms with E-state index in [1.807, 2.05) is 0 Å². The van der Waals surface area contributed by atoms with E-state index in [1.54, 1.807) is 24.3 Å². The van der Waals surface area contributed by atoms with Gasteiger partial charge in [-0.2, -0.15) is 0 Å². The maximum atomic E-state index is 11.0. The third-order valence-electron chi connectivity index (χ3n) is 2.28. The van der Waals surface area contributed by atoms with Crippen molar-refractivity contribution in [2.75, 3.05) is 0 Å². The summed E-state index contributed by atoms with van der Waals surface area (Å²) in [6.45, 7) is 1.33. The van der Waals surface area contributed by atoms with Gasteiger partial charge < -0.3 is 10.2 Å². The Morgan fingerprint density at radius 1 is 1.24 bits per heavy atom. The summed E-state index contributed by atoms with van der Waals surface area (Å²) < 4.78 is 0. The zero-order chi connectivity index (χ0) is 13.0. The summed E-state index contributed by atoms with van der Waals surface area (Å²) in [6.07, 6.45) is 1.33. The van der Waals surface area contributed by atoms with Gasteiger partial charge in [-0.05, 0) is 30.7 Å². The SMILES string of the molecule is CC(C(=O)O)/C(=C\c1ccc(Cl)cc1)C(=O)O. The van der Waals surface area contributed by atoms with Crippen molar-refractivity contribution in [1.29, 1.82) is 0 Å². The summed E-state index contributed by atoms with van der Waals surface area (Å²) in [6, 6.07) is 6.47. The Labute approximate surface area is 103 Å². The van der Waals surface area contributed by atoms with Gasteiger partial charge in [-0.1, -0.05) is 23.7 Å². The highest BCUT2D eigenvalue weighted by molar-refractivity contribution is 6.30. The second kappa shape index (κ2) is 5.50. The zero-order valence-electron chi connectivity index (χ0n) is 9.05. The number of halogens is 1. The number of carboxylic acid groups (broad SMARTS) is 2. The Bertz CT molecular complexity index is 462. The van der Waals surface area contributed by atoms with E-state index >= 15 is 0 Å². The lowest BCUT2D eigenvalue weighted by atomic mass is 9.99. The molecule has 1 rings (SSSR count). The number of rotatable bonds is 4. The molecule has 0 aromatic heterocycles. The van der Waals surface area contributed by atoms with E-state index in [0.29, 0.717) is 10.6 Å². The first-order valence-electron chi connectivity index (χ1n) is 4.85. The van der Waals surface area contributed by atoms with E-state index in [4.69, 9.17) is 21.8 Å². The highest BCUT2D eigenvalue weighted by Crippen LogP contribution is 2.17. The van der Waals surface area contributed by atoms with Gasteiger partial charge in [-0.3, -0.25) is 4.79 Å². The van der Waals surface area contributed by atoms with Crippen LogP contribution in [-0.4, -0.2) is 22.2 Å². The molecule has 0 aliphatic rings. The van der Waals surface area contributed by atoms with Crippen molar-refractivity contribution >= 4 is 29.6 Å². The van der Waals surface area contributed by atoms with E-state index in [1.165, 1.54) is 13.0 Å². The van der Waals surface area contributed by atoms with Crippen molar-refractivity contribution in [3.05, 3.63) is 40.4 Å². The summed E-state index contributed by atoms with van der Waals surface area (Å²) >= 11 is 5.69. The third-order valence-corrected chi connectivity index (χ3v) is 2.53. The minimum absolute atomic E-state index is 0.167. The zero-order valence-corrected chi connectivity index (χ0v) is 9.81. The molecule has 0 aliphatic heterocycles. The van der Waals surface area contributed by atoms with Crippen LogP contribution in [0.5, 0.6) is 0 Å². The molecule has 0 saturated carbocycles. The largest absolute Gasteiger partial charge is 0.481 e. The van der Waals surface area contributed by atoms with Gasteiger partial charge in [0.05, 0.1) is 11.5 Å². The smallest absolute Gasteiger partial charge is 0.332 e. The summed E-state index contributed by atoms with van der Waals surface area (Å²) in [5.41, 5.74) is 0.430. The van der Waals surface area contributed by atoms with Gasteiger partial charge in [-0.15, -0.1) is 0 Å². The third kappa shape index (κ3) is 3.60. The molecule has 0 fully saturated rings. The van der Waals surface area contributed by atoms with Gasteiger partial charge in [0.25, 0.3) is 0 Å². The van der Waals surface area contributed by atoms with E-state index < -0.39 is 17.9 Å². The first kappa shape index (κ1) is 13.3. The summed E-state index contributed by atoms with van der Waals surface area (Å²) in [4.78, 5) is 21.7. The number of benzene rings is 1. The van der Waals surface area contributed by atoms with E-state index in [0.717, 1.165) is 0 Å². The minimum atomic E-state index is -1.24. The predicted octanol–water partition coefficient (Wildman–Crippen LogP) is 2.53. The molecule has 1 aromatic carbocycles. The van der Waals surface area contributed by atoms with Crippen molar-refractivity contribution in [3.63, 3.8) is 0 Å². The summed E-state index contributed by atoms with van der Waals surface area (Å²) in [5.74, 6) is -3.48. The molecule has 0 saturated heterocycles. The van der Waals surface area contributed by atoms with Crippen LogP contribution in [0.25, 0.3) is 6.08 Å². The van der Waals surface area contributed by atoms with Crippen LogP contribution in [0.1, 0.15) is 12.5 Å². The lowest BCUT2D eigenvalue weighted by Crippen LogP contribution is -2.18. The maximum absolute atomic E-state index is 11.0. The molecule has 0 spiro atoms. The predicted molar refractivity (Wildman–Crippen MR) is 63.9 cm³/mol. The molecule has 0 heterocycles. The highest BCUT2D eigenvalue weighted by atomic mass is 35.5. The Balaban J connectivity index is 3.10. The van der Waals surface area contributed by atoms with Crippen molar-refractivity contribution < 1.29 is 19.8 Å². The monoisotopic (exact) mass is 254 g/mol. The second-order valence-corrected chi connectivity index (χ2v) is 3.95. The van der Waals surface area contributed by atoms with Crippen LogP contribution < -0.4 is 0 Å². The number of hydrogen-bond donors (Lipinski definition) is 2. The van der Waals surface area contributed by atoms with Crippen molar-refractivity contribution in [2.24, 2.45) is 5.92 Å². The molecule has 0 radical (unpaired) electrons. The summed E-state index contributed by atoms with van der Waals surface area (Å²) in [7, 11) is 0. The molecular formula is C12H11ClO4. The molecule has 0 amide bonds. The lowest BCUT2D eigenvalue weighted by Gasteiger charge is -2.07. The van der Waals surface area contributed by atoms with Gasteiger partial charge in [0.1, 0.15) is 0 Å². The molecule has 2 N–H and O–H groups in total. The first-order chi connectivity index (χ1) is 7.91. The molecule has 1 atom stereocenters. The highest BCUT2D eigenvalue weighted by Gasteiger charge is 2.22. The van der Waals surface area contributed by atoms with Crippen LogP contribution in [0.3, 0.4) is 0 Å². The molecule has 1 aromatic rings. The quantitative estimate of drug-likeness (QED) is 0.810. The number of carbonyl (C=O) groups is 2. The van der Waals surface area contributed by atoms with E-state index in [2.05, 4.69) is 0 Å². The van der Waals surface area contributed by atoms with Gasteiger partial charge in [-0.25, -0.2) is 4.79 Å². The molecule has 4 nitrogen and oxygen atoms in total. The second-order valence-electron chi connectivity index (χ2n) is 3.52. The van der Waals surface area contributed by atoms with Crippen molar-refractivity contribution in [2.45, 2.75) is 6.92 Å². The molecule has 90 valence electrons. The standard InChI is InChI=1S/C12H11ClO4/c1-7(11(14)15)10(12(16)17)6-8-2-4-9(13)5-3-8/h2-7H,1H3,(H,14,15)(H,16,17)/b10-6+. The van der Waals surface area contributed by atoms with Gasteiger partial charge in [0.2, 0.25) is 0 Å². The van der Waals surface area contributed by atoms with Crippen LogP contribution >= 0.6 is 11.6 Å². The topological polar surface area (TPSA) is 74.6 Å². The average molecular weight is 255 g/mol. The molecule has 1 unspecified atom stereocenters.